The van der Waals surface area contributed by atoms with Crippen molar-refractivity contribution in [2.75, 3.05) is 0 Å². The Morgan fingerprint density at radius 2 is 1.59 bits per heavy atom. The zero-order chi connectivity index (χ0) is 15.0. The molecule has 4 heteroatoms. The van der Waals surface area contributed by atoms with Crippen molar-refractivity contribution in [2.45, 2.75) is 63.2 Å². The first kappa shape index (κ1) is 22.6. The van der Waals surface area contributed by atoms with Gasteiger partial charge in [0.15, 0.2) is 0 Å². The maximum atomic E-state index is 2.55. The number of allylic oxidation sites excluding steroid dienone is 1. The van der Waals surface area contributed by atoms with Crippen LogP contribution < -0.4 is 24.8 Å². The van der Waals surface area contributed by atoms with Gasteiger partial charge in [-0.2, -0.15) is 0 Å². The molecule has 122 valence electrons. The second-order valence-electron chi connectivity index (χ2n) is 7.07. The molecule has 0 heterocycles. The second-order valence-corrected chi connectivity index (χ2v) is 22.1. The van der Waals surface area contributed by atoms with Crippen LogP contribution in [0.3, 0.4) is 0 Å². The van der Waals surface area contributed by atoms with Gasteiger partial charge in [-0.3, -0.25) is 0 Å². The molecule has 1 atom stereocenters. The fraction of sp³-hybridized carbons (Fsp3) is 0.556. The van der Waals surface area contributed by atoms with E-state index in [1.807, 2.05) is 0 Å². The predicted octanol–water partition coefficient (Wildman–Crippen LogP) is -0.535. The van der Waals surface area contributed by atoms with E-state index in [0.717, 1.165) is 3.63 Å². The van der Waals surface area contributed by atoms with Crippen LogP contribution in [-0.4, -0.2) is 5.92 Å². The van der Waals surface area contributed by atoms with Crippen LogP contribution in [0.4, 0.5) is 0 Å². The largest absolute Gasteiger partial charge is 1.00 e. The summed E-state index contributed by atoms with van der Waals surface area (Å²) in [5, 5.41) is 0. The van der Waals surface area contributed by atoms with Crippen molar-refractivity contribution in [3.05, 3.63) is 40.0 Å². The maximum Gasteiger partial charge on any atom is -1.00 e. The number of hydrogen-bond donors (Lipinski definition) is 0. The molecule has 22 heavy (non-hydrogen) atoms. The molecule has 1 aliphatic rings. The van der Waals surface area contributed by atoms with Crippen molar-refractivity contribution in [2.24, 2.45) is 0 Å². The van der Waals surface area contributed by atoms with Gasteiger partial charge in [0, 0.05) is 0 Å². The second kappa shape index (κ2) is 9.21. The molecule has 0 aromatic heterocycles. The van der Waals surface area contributed by atoms with E-state index in [4.69, 9.17) is 0 Å². The summed E-state index contributed by atoms with van der Waals surface area (Å²) in [4.78, 5) is 0. The van der Waals surface area contributed by atoms with Crippen LogP contribution in [0, 0.1) is 0 Å². The minimum absolute atomic E-state index is 0. The van der Waals surface area contributed by atoms with E-state index >= 15 is 0 Å². The van der Waals surface area contributed by atoms with Crippen molar-refractivity contribution >= 4 is 12.0 Å². The van der Waals surface area contributed by atoms with Crippen molar-refractivity contribution in [1.29, 1.82) is 0 Å². The van der Waals surface area contributed by atoms with Gasteiger partial charge in [0.2, 0.25) is 0 Å². The van der Waals surface area contributed by atoms with Crippen LogP contribution >= 0.6 is 0 Å². The van der Waals surface area contributed by atoms with E-state index in [1.54, 1.807) is 27.8 Å². The number of halogens is 2. The standard InChI is InChI=1S/C16H21.C2H7Si.2ClH.Zr/c1-10(2)13-8-14-6-12(5)7-16(14)15(9-13)11(3)4;1-3-2;;;/h6-11H,1-5H3;3H,1-2H3;2*1H;/q;;;;+2/p-2. The molecule has 0 saturated heterocycles. The normalized spacial score (nSPS) is 16.1. The zero-order valence-electron chi connectivity index (χ0n) is 14.8. The Bertz CT molecular complexity index is 536. The summed E-state index contributed by atoms with van der Waals surface area (Å²) in [6.45, 7) is 16.8. The Balaban J connectivity index is 0.00000220. The Kier molecular flexibility index (Phi) is 9.48. The van der Waals surface area contributed by atoms with Crippen LogP contribution in [0.5, 0.6) is 0 Å². The van der Waals surface area contributed by atoms with Gasteiger partial charge in [0.1, 0.15) is 0 Å². The van der Waals surface area contributed by atoms with Gasteiger partial charge >= 0.3 is 138 Å². The van der Waals surface area contributed by atoms with Gasteiger partial charge in [0.25, 0.3) is 0 Å². The Morgan fingerprint density at radius 3 is 2.05 bits per heavy atom. The molecule has 0 nitrogen and oxygen atoms in total. The summed E-state index contributed by atoms with van der Waals surface area (Å²) in [6.07, 6.45) is 2.51. The number of rotatable bonds is 4. The van der Waals surface area contributed by atoms with E-state index in [-0.39, 0.29) is 53.1 Å². The molecule has 1 unspecified atom stereocenters. The minimum atomic E-state index is -0.372. The SMILES string of the molecule is CC1=Cc2c(C(C)C)cc(C(C)C)cc2[CH]1[Zr+2][SiH](C)C.[Cl-].[Cl-]. The van der Waals surface area contributed by atoms with Crippen molar-refractivity contribution in [3.8, 4) is 0 Å². The van der Waals surface area contributed by atoms with Crippen molar-refractivity contribution in [1.82, 2.24) is 0 Å². The monoisotopic (exact) mass is 432 g/mol. The third-order valence-corrected chi connectivity index (χ3v) is 14.5. The summed E-state index contributed by atoms with van der Waals surface area (Å²) in [5.41, 5.74) is 8.08. The molecular formula is C18H28Cl2SiZr. The van der Waals surface area contributed by atoms with E-state index in [0.29, 0.717) is 11.8 Å². The van der Waals surface area contributed by atoms with E-state index in [2.05, 4.69) is 65.9 Å². The topological polar surface area (TPSA) is 0 Å². The average Bonchev–Trinajstić information content (AvgIpc) is 2.64. The van der Waals surface area contributed by atoms with Gasteiger partial charge in [-0.15, -0.1) is 0 Å². The van der Waals surface area contributed by atoms with E-state index in [9.17, 15) is 0 Å². The smallest absolute Gasteiger partial charge is 1.00 e. The molecular weight excluding hydrogens is 406 g/mol. The first-order valence-corrected chi connectivity index (χ1v) is 16.5. The molecule has 0 N–H and O–H groups in total. The minimum Gasteiger partial charge on any atom is -1.00 e. The summed E-state index contributed by atoms with van der Waals surface area (Å²) in [7, 11) is 0. The summed E-state index contributed by atoms with van der Waals surface area (Å²) in [6, 6.07) is 5.01. The van der Waals surface area contributed by atoms with Crippen LogP contribution in [-0.2, 0) is 22.4 Å². The third kappa shape index (κ3) is 4.82. The molecule has 0 saturated carbocycles. The van der Waals surface area contributed by atoms with Gasteiger partial charge in [-0.25, -0.2) is 0 Å². The zero-order valence-corrected chi connectivity index (χ0v) is 19.9. The quantitative estimate of drug-likeness (QED) is 0.559. The predicted molar refractivity (Wildman–Crippen MR) is 89.9 cm³/mol. The van der Waals surface area contributed by atoms with Crippen LogP contribution in [0.2, 0.25) is 13.1 Å². The van der Waals surface area contributed by atoms with Crippen LogP contribution in [0.25, 0.3) is 6.08 Å². The first-order chi connectivity index (χ1) is 9.31. The fourth-order valence-corrected chi connectivity index (χ4v) is 13.1. The fourth-order valence-electron chi connectivity index (χ4n) is 3.05. The summed E-state index contributed by atoms with van der Waals surface area (Å²) >= 11 is -0.248. The molecule has 0 amide bonds. The molecule has 2 rings (SSSR count). The van der Waals surface area contributed by atoms with E-state index in [1.165, 1.54) is 0 Å². The Labute approximate surface area is 161 Å². The van der Waals surface area contributed by atoms with Crippen LogP contribution in [0.1, 0.15) is 72.3 Å². The van der Waals surface area contributed by atoms with Crippen molar-refractivity contribution in [3.63, 3.8) is 0 Å². The molecule has 1 aromatic carbocycles. The van der Waals surface area contributed by atoms with Gasteiger partial charge in [-0.1, -0.05) is 0 Å². The van der Waals surface area contributed by atoms with Gasteiger partial charge in [-0.05, 0) is 0 Å². The summed E-state index contributed by atoms with van der Waals surface area (Å²) in [5.74, 6) is 0.899. The third-order valence-electron chi connectivity index (χ3n) is 4.19. The average molecular weight is 435 g/mol. The Morgan fingerprint density at radius 1 is 1.00 bits per heavy atom. The molecule has 1 aliphatic carbocycles. The van der Waals surface area contributed by atoms with Crippen LogP contribution in [0.15, 0.2) is 17.7 Å². The number of hydrogen-bond acceptors (Lipinski definition) is 0. The van der Waals surface area contributed by atoms with Gasteiger partial charge in [0.05, 0.1) is 0 Å². The molecule has 1 aromatic rings. The Hall–Kier alpha value is 0.640. The number of fused-ring (bicyclic) bond motifs is 1. The maximum absolute atomic E-state index is 2.55. The molecule has 0 spiro atoms. The molecule has 0 bridgehead atoms. The van der Waals surface area contributed by atoms with E-state index < -0.39 is 0 Å². The van der Waals surface area contributed by atoms with Crippen molar-refractivity contribution < 1.29 is 47.2 Å². The molecule has 0 fully saturated rings. The van der Waals surface area contributed by atoms with Gasteiger partial charge < -0.3 is 24.8 Å². The first-order valence-electron chi connectivity index (χ1n) is 7.93. The summed E-state index contributed by atoms with van der Waals surface area (Å²) < 4.78 is 0.872. The molecule has 0 radical (unpaired) electrons. The number of benzene rings is 1. The molecule has 0 aliphatic heterocycles.